The molecule has 0 saturated carbocycles. The number of piperazine rings is 1. The minimum absolute atomic E-state index is 0.162. The highest BCUT2D eigenvalue weighted by Gasteiger charge is 2.28. The monoisotopic (exact) mass is 392 g/mol. The lowest BCUT2D eigenvalue weighted by atomic mass is 9.89. The second kappa shape index (κ2) is 7.97. The van der Waals surface area contributed by atoms with E-state index in [0.29, 0.717) is 30.3 Å². The summed E-state index contributed by atoms with van der Waals surface area (Å²) in [6.07, 6.45) is 9.26. The topological polar surface area (TPSA) is 86.8 Å². The minimum atomic E-state index is -0.509. The maximum atomic E-state index is 14.2. The Morgan fingerprint density at radius 2 is 2.28 bits per heavy atom. The van der Waals surface area contributed by atoms with Crippen molar-refractivity contribution in [3.8, 4) is 17.3 Å². The Bertz CT molecular complexity index is 1080. The van der Waals surface area contributed by atoms with E-state index in [1.54, 1.807) is 7.05 Å². The molecule has 3 heterocycles. The Morgan fingerprint density at radius 1 is 1.41 bits per heavy atom. The average Bonchev–Trinajstić information content (AvgIpc) is 2.76. The van der Waals surface area contributed by atoms with Gasteiger partial charge >= 0.3 is 0 Å². The summed E-state index contributed by atoms with van der Waals surface area (Å²) in [4.78, 5) is 23.0. The van der Waals surface area contributed by atoms with Crippen LogP contribution in [0.5, 0.6) is 0 Å². The van der Waals surface area contributed by atoms with Gasteiger partial charge in [0, 0.05) is 56.1 Å². The van der Waals surface area contributed by atoms with E-state index in [1.807, 2.05) is 12.2 Å². The molecular formula is C21H21FN6O. The van der Waals surface area contributed by atoms with Crippen LogP contribution in [0.1, 0.15) is 6.42 Å². The average molecular weight is 392 g/mol. The van der Waals surface area contributed by atoms with Gasteiger partial charge in [-0.1, -0.05) is 12.2 Å². The van der Waals surface area contributed by atoms with Gasteiger partial charge in [0.15, 0.2) is 5.82 Å². The number of nitriles is 1. The standard InChI is InChI=1S/C21H21FN6O/c1-27-20(29)10-18(16-6-7-24-12-17(16)22)26-21(27)28-9-8-25-19(13-28)15-4-2-14(11-23)3-5-15/h2-4,6-7,10,12,15,19,25H,5,8-9,13H2,1H3/t15?,19-/m0/s1. The maximum Gasteiger partial charge on any atom is 0.255 e. The highest BCUT2D eigenvalue weighted by molar-refractivity contribution is 5.60. The molecule has 1 aliphatic carbocycles. The molecule has 2 aliphatic rings. The number of anilines is 1. The van der Waals surface area contributed by atoms with Crippen molar-refractivity contribution in [2.45, 2.75) is 12.5 Å². The predicted molar refractivity (Wildman–Crippen MR) is 108 cm³/mol. The first-order valence-electron chi connectivity index (χ1n) is 9.51. The van der Waals surface area contributed by atoms with Crippen LogP contribution in [0, 0.1) is 23.1 Å². The van der Waals surface area contributed by atoms with E-state index in [2.05, 4.69) is 32.3 Å². The van der Waals surface area contributed by atoms with Crippen molar-refractivity contribution >= 4 is 5.95 Å². The molecule has 7 nitrogen and oxygen atoms in total. The number of pyridine rings is 1. The van der Waals surface area contributed by atoms with Crippen LogP contribution in [-0.2, 0) is 7.05 Å². The van der Waals surface area contributed by atoms with E-state index in [-0.39, 0.29) is 23.1 Å². The fraction of sp³-hybridized carbons (Fsp3) is 0.333. The van der Waals surface area contributed by atoms with Crippen LogP contribution in [0.15, 0.2) is 53.1 Å². The zero-order valence-electron chi connectivity index (χ0n) is 16.0. The Morgan fingerprint density at radius 3 is 3.00 bits per heavy atom. The van der Waals surface area contributed by atoms with Crippen molar-refractivity contribution in [2.75, 3.05) is 24.5 Å². The molecule has 1 unspecified atom stereocenters. The molecule has 0 radical (unpaired) electrons. The van der Waals surface area contributed by atoms with Gasteiger partial charge in [0.25, 0.3) is 5.56 Å². The molecule has 4 rings (SSSR count). The van der Waals surface area contributed by atoms with E-state index in [4.69, 9.17) is 5.26 Å². The van der Waals surface area contributed by atoms with Crippen molar-refractivity contribution in [1.29, 1.82) is 5.26 Å². The molecule has 0 aromatic carbocycles. The van der Waals surface area contributed by atoms with Gasteiger partial charge in [0.05, 0.1) is 18.0 Å². The molecule has 148 valence electrons. The lowest BCUT2D eigenvalue weighted by Gasteiger charge is -2.38. The molecule has 0 amide bonds. The molecule has 1 saturated heterocycles. The van der Waals surface area contributed by atoms with Gasteiger partial charge in [-0.05, 0) is 24.5 Å². The van der Waals surface area contributed by atoms with Crippen LogP contribution in [0.2, 0.25) is 0 Å². The third-order valence-electron chi connectivity index (χ3n) is 5.43. The third-order valence-corrected chi connectivity index (χ3v) is 5.43. The fourth-order valence-corrected chi connectivity index (χ4v) is 3.80. The van der Waals surface area contributed by atoms with Gasteiger partial charge in [-0.2, -0.15) is 5.26 Å². The highest BCUT2D eigenvalue weighted by atomic mass is 19.1. The van der Waals surface area contributed by atoms with Crippen LogP contribution < -0.4 is 15.8 Å². The van der Waals surface area contributed by atoms with Crippen molar-refractivity contribution in [2.24, 2.45) is 13.0 Å². The summed E-state index contributed by atoms with van der Waals surface area (Å²) in [7, 11) is 1.68. The second-order valence-electron chi connectivity index (χ2n) is 7.23. The Labute approximate surface area is 167 Å². The van der Waals surface area contributed by atoms with Crippen LogP contribution in [0.4, 0.5) is 10.3 Å². The summed E-state index contributed by atoms with van der Waals surface area (Å²) in [6.45, 7) is 2.09. The van der Waals surface area contributed by atoms with E-state index in [0.717, 1.165) is 19.2 Å². The molecule has 0 spiro atoms. The number of aromatic nitrogens is 3. The van der Waals surface area contributed by atoms with Crippen molar-refractivity contribution in [3.05, 3.63) is 64.5 Å². The van der Waals surface area contributed by atoms with E-state index >= 15 is 0 Å². The molecule has 1 fully saturated rings. The molecule has 1 N–H and O–H groups in total. The summed E-state index contributed by atoms with van der Waals surface area (Å²) in [5, 5.41) is 12.5. The minimum Gasteiger partial charge on any atom is -0.339 e. The Hall–Kier alpha value is -3.31. The van der Waals surface area contributed by atoms with Gasteiger partial charge < -0.3 is 10.2 Å². The molecule has 8 heteroatoms. The summed E-state index contributed by atoms with van der Waals surface area (Å²) < 4.78 is 15.7. The van der Waals surface area contributed by atoms with Crippen molar-refractivity contribution in [3.63, 3.8) is 0 Å². The van der Waals surface area contributed by atoms with Gasteiger partial charge in [-0.15, -0.1) is 0 Å². The summed E-state index contributed by atoms with van der Waals surface area (Å²) in [6, 6.07) is 5.19. The van der Waals surface area contributed by atoms with E-state index in [1.165, 1.54) is 22.9 Å². The van der Waals surface area contributed by atoms with E-state index < -0.39 is 5.82 Å². The number of nitrogens with one attached hydrogen (secondary N) is 1. The first-order chi connectivity index (χ1) is 14.1. The smallest absolute Gasteiger partial charge is 0.255 e. The molecule has 2 aromatic heterocycles. The second-order valence-corrected chi connectivity index (χ2v) is 7.23. The summed E-state index contributed by atoms with van der Waals surface area (Å²) in [5.74, 6) is 0.265. The highest BCUT2D eigenvalue weighted by Crippen LogP contribution is 2.25. The molecular weight excluding hydrogens is 371 g/mol. The van der Waals surface area contributed by atoms with Gasteiger partial charge in [0.1, 0.15) is 0 Å². The zero-order valence-corrected chi connectivity index (χ0v) is 16.0. The first-order valence-corrected chi connectivity index (χ1v) is 9.51. The third kappa shape index (κ3) is 3.82. The number of nitrogens with zero attached hydrogens (tertiary/aromatic N) is 5. The lowest BCUT2D eigenvalue weighted by molar-refractivity contribution is 0.370. The quantitative estimate of drug-likeness (QED) is 0.857. The van der Waals surface area contributed by atoms with Gasteiger partial charge in [-0.25, -0.2) is 9.37 Å². The van der Waals surface area contributed by atoms with Gasteiger partial charge in [0.2, 0.25) is 5.95 Å². The van der Waals surface area contributed by atoms with Crippen LogP contribution in [0.3, 0.4) is 0 Å². The Balaban J connectivity index is 1.62. The SMILES string of the molecule is Cn1c(N2CCN[C@H](C3C=CC(C#N)=CC3)C2)nc(-c2ccncc2F)cc1=O. The number of rotatable bonds is 3. The number of allylic oxidation sites excluding steroid dienone is 3. The summed E-state index contributed by atoms with van der Waals surface area (Å²) in [5.41, 5.74) is 1.01. The molecule has 0 bridgehead atoms. The van der Waals surface area contributed by atoms with Crippen molar-refractivity contribution < 1.29 is 4.39 Å². The van der Waals surface area contributed by atoms with Crippen molar-refractivity contribution in [1.82, 2.24) is 19.9 Å². The van der Waals surface area contributed by atoms with Crippen LogP contribution in [0.25, 0.3) is 11.3 Å². The Kier molecular flexibility index (Phi) is 5.23. The van der Waals surface area contributed by atoms with Crippen LogP contribution >= 0.6 is 0 Å². The lowest BCUT2D eigenvalue weighted by Crippen LogP contribution is -2.54. The first kappa shape index (κ1) is 19.0. The zero-order chi connectivity index (χ0) is 20.4. The maximum absolute atomic E-state index is 14.2. The summed E-state index contributed by atoms with van der Waals surface area (Å²) >= 11 is 0. The molecule has 2 aromatic rings. The molecule has 1 aliphatic heterocycles. The fourth-order valence-electron chi connectivity index (χ4n) is 3.80. The number of hydrogen-bond donors (Lipinski definition) is 1. The molecule has 2 atom stereocenters. The predicted octanol–water partition coefficient (Wildman–Crippen LogP) is 1.79. The number of hydrogen-bond acceptors (Lipinski definition) is 6. The number of halogens is 1. The van der Waals surface area contributed by atoms with Gasteiger partial charge in [-0.3, -0.25) is 14.3 Å². The largest absolute Gasteiger partial charge is 0.339 e. The van der Waals surface area contributed by atoms with E-state index in [9.17, 15) is 9.18 Å². The molecule has 29 heavy (non-hydrogen) atoms. The normalized spacial score (nSPS) is 21.6. The van der Waals surface area contributed by atoms with Crippen LogP contribution in [-0.4, -0.2) is 40.2 Å².